The van der Waals surface area contributed by atoms with Crippen LogP contribution >= 0.6 is 0 Å². The summed E-state index contributed by atoms with van der Waals surface area (Å²) in [5, 5.41) is 14.6. The van der Waals surface area contributed by atoms with Gasteiger partial charge in [0.2, 0.25) is 11.8 Å². The molecule has 1 aliphatic heterocycles. The minimum atomic E-state index is -1.02. The fourth-order valence-corrected chi connectivity index (χ4v) is 2.99. The summed E-state index contributed by atoms with van der Waals surface area (Å²) < 4.78 is 5.15. The maximum atomic E-state index is 12.3. The molecule has 0 radical (unpaired) electrons. The summed E-state index contributed by atoms with van der Waals surface area (Å²) in [6.07, 6.45) is 12.5. The maximum Gasteiger partial charge on any atom is 0.249 e. The molecule has 2 rings (SSSR count). The Balaban J connectivity index is 1.69. The predicted molar refractivity (Wildman–Crippen MR) is 101 cm³/mol. The third kappa shape index (κ3) is 6.59. The van der Waals surface area contributed by atoms with E-state index in [0.29, 0.717) is 18.7 Å². The first kappa shape index (κ1) is 21.3. The summed E-state index contributed by atoms with van der Waals surface area (Å²) in [4.78, 5) is 36.0. The molecular formula is C20H30N2O5. The Bertz CT molecular complexity index is 607. The monoisotopic (exact) mass is 378 g/mol. The summed E-state index contributed by atoms with van der Waals surface area (Å²) in [7, 11) is 0. The van der Waals surface area contributed by atoms with Crippen LogP contribution in [0.5, 0.6) is 0 Å². The molecule has 1 spiro atoms. The summed E-state index contributed by atoms with van der Waals surface area (Å²) in [6.45, 7) is 1.98. The Labute approximate surface area is 160 Å². The molecule has 2 aliphatic rings. The highest BCUT2D eigenvalue weighted by Gasteiger charge is 2.50. The van der Waals surface area contributed by atoms with Crippen LogP contribution in [0.1, 0.15) is 58.3 Å². The zero-order valence-electron chi connectivity index (χ0n) is 16.0. The van der Waals surface area contributed by atoms with E-state index >= 15 is 0 Å². The number of ketones is 1. The number of amides is 2. The highest BCUT2D eigenvalue weighted by atomic mass is 16.6. The number of ether oxygens (including phenoxy) is 1. The molecule has 27 heavy (non-hydrogen) atoms. The number of carbonyl (C=O) groups is 3. The van der Waals surface area contributed by atoms with Gasteiger partial charge in [-0.2, -0.15) is 0 Å². The number of nitrogens with one attached hydrogen (secondary N) is 2. The van der Waals surface area contributed by atoms with Crippen LogP contribution in [0, 0.1) is 0 Å². The van der Waals surface area contributed by atoms with Gasteiger partial charge in [0.15, 0.2) is 11.4 Å². The predicted octanol–water partition coefficient (Wildman–Crippen LogP) is 1.51. The standard InChI is InChI=1S/C20H30N2O5/c1-2-3-4-5-6-7-8-9-18(25)22-16(13-23)19(26)21-15-10-11-17(24)20(12-15)14-27-20/h10-12,16,23H,2-9,13-14H2,1H3,(H,21,26)(H,22,25). The van der Waals surface area contributed by atoms with Gasteiger partial charge in [-0.15, -0.1) is 0 Å². The second-order valence-electron chi connectivity index (χ2n) is 7.14. The van der Waals surface area contributed by atoms with E-state index < -0.39 is 24.2 Å². The van der Waals surface area contributed by atoms with E-state index in [1.807, 2.05) is 0 Å². The van der Waals surface area contributed by atoms with Crippen molar-refractivity contribution in [3.63, 3.8) is 0 Å². The van der Waals surface area contributed by atoms with Gasteiger partial charge in [-0.1, -0.05) is 45.4 Å². The summed E-state index contributed by atoms with van der Waals surface area (Å²) in [6, 6.07) is -1.02. The van der Waals surface area contributed by atoms with E-state index in [2.05, 4.69) is 17.6 Å². The van der Waals surface area contributed by atoms with Crippen molar-refractivity contribution in [3.05, 3.63) is 23.9 Å². The molecule has 0 saturated carbocycles. The molecule has 2 amide bonds. The molecular weight excluding hydrogens is 348 g/mol. The zero-order chi connectivity index (χ0) is 19.7. The van der Waals surface area contributed by atoms with Crippen molar-refractivity contribution in [2.75, 3.05) is 13.2 Å². The summed E-state index contributed by atoms with van der Waals surface area (Å²) in [5.41, 5.74) is -0.510. The maximum absolute atomic E-state index is 12.3. The number of aliphatic hydroxyl groups is 1. The van der Waals surface area contributed by atoms with Gasteiger partial charge in [0, 0.05) is 12.1 Å². The summed E-state index contributed by atoms with van der Waals surface area (Å²) in [5.74, 6) is -0.920. The minimum absolute atomic E-state index is 0.151. The highest BCUT2D eigenvalue weighted by Crippen LogP contribution is 2.33. The average Bonchev–Trinajstić information content (AvgIpc) is 3.42. The second kappa shape index (κ2) is 10.4. The SMILES string of the molecule is CCCCCCCCCC(=O)NC(CO)C(=O)NC1=CC2(CO2)C(=O)C=C1. The Morgan fingerprint density at radius 3 is 2.48 bits per heavy atom. The second-order valence-corrected chi connectivity index (χ2v) is 7.14. The normalized spacial score (nSPS) is 21.7. The molecule has 0 aromatic rings. The number of hydrogen-bond acceptors (Lipinski definition) is 5. The lowest BCUT2D eigenvalue weighted by atomic mass is 9.98. The molecule has 0 aromatic carbocycles. The lowest BCUT2D eigenvalue weighted by Gasteiger charge is -2.18. The third-order valence-corrected chi connectivity index (χ3v) is 4.78. The molecule has 1 heterocycles. The van der Waals surface area contributed by atoms with Crippen LogP contribution in [0.3, 0.4) is 0 Å². The van der Waals surface area contributed by atoms with E-state index in [9.17, 15) is 19.5 Å². The van der Waals surface area contributed by atoms with E-state index in [1.165, 1.54) is 37.8 Å². The lowest BCUT2D eigenvalue weighted by molar-refractivity contribution is -0.129. The van der Waals surface area contributed by atoms with Crippen molar-refractivity contribution in [3.8, 4) is 0 Å². The number of allylic oxidation sites excluding steroid dienone is 1. The molecule has 0 aromatic heterocycles. The van der Waals surface area contributed by atoms with E-state index in [4.69, 9.17) is 4.74 Å². The third-order valence-electron chi connectivity index (χ3n) is 4.78. The van der Waals surface area contributed by atoms with Gasteiger partial charge in [0.05, 0.1) is 13.2 Å². The molecule has 150 valence electrons. The number of carbonyl (C=O) groups excluding carboxylic acids is 3. The van der Waals surface area contributed by atoms with Crippen LogP contribution < -0.4 is 10.6 Å². The van der Waals surface area contributed by atoms with E-state index in [0.717, 1.165) is 19.3 Å². The Hall–Kier alpha value is -1.99. The Morgan fingerprint density at radius 2 is 1.85 bits per heavy atom. The lowest BCUT2D eigenvalue weighted by Crippen LogP contribution is -2.48. The molecule has 7 heteroatoms. The minimum Gasteiger partial charge on any atom is -0.394 e. The molecule has 7 nitrogen and oxygen atoms in total. The van der Waals surface area contributed by atoms with Crippen molar-refractivity contribution < 1.29 is 24.2 Å². The van der Waals surface area contributed by atoms with E-state index in [-0.39, 0.29) is 11.7 Å². The van der Waals surface area contributed by atoms with Crippen molar-refractivity contribution in [1.82, 2.24) is 10.6 Å². The quantitative estimate of drug-likeness (QED) is 0.352. The number of aliphatic hydroxyl groups excluding tert-OH is 1. The number of rotatable bonds is 12. The zero-order valence-corrected chi connectivity index (χ0v) is 16.0. The molecule has 3 N–H and O–H groups in total. The van der Waals surface area contributed by atoms with Crippen LogP contribution in [-0.2, 0) is 19.1 Å². The van der Waals surface area contributed by atoms with Crippen molar-refractivity contribution in [2.24, 2.45) is 0 Å². The first-order chi connectivity index (χ1) is 13.0. The van der Waals surface area contributed by atoms with Gasteiger partial charge in [-0.05, 0) is 24.6 Å². The average molecular weight is 378 g/mol. The first-order valence-electron chi connectivity index (χ1n) is 9.81. The van der Waals surface area contributed by atoms with Crippen LogP contribution in [0.4, 0.5) is 0 Å². The van der Waals surface area contributed by atoms with Crippen LogP contribution in [-0.4, -0.2) is 47.6 Å². The molecule has 1 aliphatic carbocycles. The van der Waals surface area contributed by atoms with Crippen LogP contribution in [0.15, 0.2) is 23.9 Å². The molecule has 2 atom stereocenters. The first-order valence-corrected chi connectivity index (χ1v) is 9.81. The van der Waals surface area contributed by atoms with Gasteiger partial charge in [-0.3, -0.25) is 14.4 Å². The van der Waals surface area contributed by atoms with Gasteiger partial charge in [-0.25, -0.2) is 0 Å². The fourth-order valence-electron chi connectivity index (χ4n) is 2.99. The number of epoxide rings is 1. The fraction of sp³-hybridized carbons (Fsp3) is 0.650. The Morgan fingerprint density at radius 1 is 1.19 bits per heavy atom. The van der Waals surface area contributed by atoms with Crippen molar-refractivity contribution >= 4 is 17.6 Å². The smallest absolute Gasteiger partial charge is 0.249 e. The van der Waals surface area contributed by atoms with Crippen molar-refractivity contribution in [1.29, 1.82) is 0 Å². The highest BCUT2D eigenvalue weighted by molar-refractivity contribution is 6.03. The van der Waals surface area contributed by atoms with Crippen LogP contribution in [0.2, 0.25) is 0 Å². The van der Waals surface area contributed by atoms with Crippen molar-refractivity contribution in [2.45, 2.75) is 69.9 Å². The van der Waals surface area contributed by atoms with Gasteiger partial charge < -0.3 is 20.5 Å². The number of unbranched alkanes of at least 4 members (excludes halogenated alkanes) is 6. The van der Waals surface area contributed by atoms with Gasteiger partial charge in [0.25, 0.3) is 0 Å². The number of hydrogen-bond donors (Lipinski definition) is 3. The van der Waals surface area contributed by atoms with E-state index in [1.54, 1.807) is 6.08 Å². The van der Waals surface area contributed by atoms with Gasteiger partial charge in [0.1, 0.15) is 6.04 Å². The molecule has 1 fully saturated rings. The van der Waals surface area contributed by atoms with Crippen LogP contribution in [0.25, 0.3) is 0 Å². The summed E-state index contributed by atoms with van der Waals surface area (Å²) >= 11 is 0. The molecule has 2 unspecified atom stereocenters. The Kier molecular flexibility index (Phi) is 8.19. The van der Waals surface area contributed by atoms with Gasteiger partial charge >= 0.3 is 0 Å². The molecule has 1 saturated heterocycles. The largest absolute Gasteiger partial charge is 0.394 e. The topological polar surface area (TPSA) is 108 Å². The molecule has 0 bridgehead atoms.